The topological polar surface area (TPSA) is 100 Å². The van der Waals surface area contributed by atoms with Crippen LogP contribution in [0.25, 0.3) is 22.4 Å². The molecule has 0 aliphatic rings. The molecule has 0 saturated carbocycles. The summed E-state index contributed by atoms with van der Waals surface area (Å²) in [5.41, 5.74) is 1.89. The van der Waals surface area contributed by atoms with E-state index in [0.717, 1.165) is 10.9 Å². The number of nitrogens with zero attached hydrogens (tertiary/aromatic N) is 3. The SMILES string of the molecule is COc1cccc(-c2noc(COC(=O)Cc3noc4ccccc34)n2)c1. The van der Waals surface area contributed by atoms with Crippen molar-refractivity contribution in [2.24, 2.45) is 0 Å². The Morgan fingerprint density at radius 3 is 2.85 bits per heavy atom. The Hall–Kier alpha value is -3.68. The van der Waals surface area contributed by atoms with Crippen molar-refractivity contribution >= 4 is 16.9 Å². The Kier molecular flexibility index (Phi) is 4.52. The summed E-state index contributed by atoms with van der Waals surface area (Å²) < 4.78 is 20.7. The third-order valence-corrected chi connectivity index (χ3v) is 3.92. The van der Waals surface area contributed by atoms with Gasteiger partial charge in [-0.15, -0.1) is 0 Å². The van der Waals surface area contributed by atoms with Crippen molar-refractivity contribution in [3.8, 4) is 17.1 Å². The number of ether oxygens (including phenoxy) is 2. The molecular formula is C19H15N3O5. The van der Waals surface area contributed by atoms with Gasteiger partial charge in [-0.1, -0.05) is 34.6 Å². The lowest BCUT2D eigenvalue weighted by Gasteiger charge is -2.00. The Morgan fingerprint density at radius 2 is 1.96 bits per heavy atom. The number of carbonyl (C=O) groups excluding carboxylic acids is 1. The smallest absolute Gasteiger partial charge is 0.312 e. The zero-order valence-corrected chi connectivity index (χ0v) is 14.4. The minimum Gasteiger partial charge on any atom is -0.497 e. The molecule has 2 heterocycles. The molecule has 27 heavy (non-hydrogen) atoms. The highest BCUT2D eigenvalue weighted by Crippen LogP contribution is 2.22. The van der Waals surface area contributed by atoms with Crippen molar-refractivity contribution in [2.75, 3.05) is 7.11 Å². The normalized spacial score (nSPS) is 10.9. The minimum atomic E-state index is -0.463. The van der Waals surface area contributed by atoms with Crippen LogP contribution < -0.4 is 4.74 Å². The van der Waals surface area contributed by atoms with E-state index in [-0.39, 0.29) is 18.9 Å². The Labute approximate surface area is 153 Å². The molecular weight excluding hydrogens is 350 g/mol. The van der Waals surface area contributed by atoms with Crippen LogP contribution in [-0.2, 0) is 22.6 Å². The fourth-order valence-corrected chi connectivity index (χ4v) is 2.59. The van der Waals surface area contributed by atoms with Gasteiger partial charge in [-0.2, -0.15) is 4.98 Å². The summed E-state index contributed by atoms with van der Waals surface area (Å²) in [5.74, 6) is 0.814. The molecule has 4 aromatic rings. The number of benzene rings is 2. The first-order valence-corrected chi connectivity index (χ1v) is 8.19. The highest BCUT2D eigenvalue weighted by atomic mass is 16.6. The van der Waals surface area contributed by atoms with Crippen LogP contribution in [0.15, 0.2) is 57.6 Å². The molecule has 0 aliphatic carbocycles. The number of methoxy groups -OCH3 is 1. The van der Waals surface area contributed by atoms with E-state index in [9.17, 15) is 4.79 Å². The van der Waals surface area contributed by atoms with Gasteiger partial charge in [0.15, 0.2) is 12.2 Å². The average molecular weight is 365 g/mol. The molecule has 4 rings (SSSR count). The first-order valence-electron chi connectivity index (χ1n) is 8.19. The molecule has 0 atom stereocenters. The highest BCUT2D eigenvalue weighted by Gasteiger charge is 2.15. The molecule has 8 heteroatoms. The fourth-order valence-electron chi connectivity index (χ4n) is 2.59. The molecule has 0 radical (unpaired) electrons. The van der Waals surface area contributed by atoms with Crippen molar-refractivity contribution in [1.82, 2.24) is 15.3 Å². The van der Waals surface area contributed by atoms with E-state index in [1.807, 2.05) is 36.4 Å². The van der Waals surface area contributed by atoms with E-state index in [1.165, 1.54) is 0 Å². The van der Waals surface area contributed by atoms with Gasteiger partial charge in [0.25, 0.3) is 5.89 Å². The molecule has 136 valence electrons. The van der Waals surface area contributed by atoms with E-state index in [1.54, 1.807) is 19.2 Å². The van der Waals surface area contributed by atoms with Gasteiger partial charge in [-0.05, 0) is 24.3 Å². The van der Waals surface area contributed by atoms with Crippen molar-refractivity contribution in [2.45, 2.75) is 13.0 Å². The second-order valence-electron chi connectivity index (χ2n) is 5.71. The van der Waals surface area contributed by atoms with Crippen LogP contribution in [-0.4, -0.2) is 28.4 Å². The molecule has 0 bridgehead atoms. The standard InChI is InChI=1S/C19H15N3O5/c1-24-13-6-4-5-12(9-13)19-20-17(27-22-19)11-25-18(23)10-15-14-7-2-3-8-16(14)26-21-15/h2-9H,10-11H2,1H3. The molecule has 0 unspecified atom stereocenters. The predicted octanol–water partition coefficient (Wildman–Crippen LogP) is 3.17. The summed E-state index contributed by atoms with van der Waals surface area (Å²) in [6, 6.07) is 14.6. The van der Waals surface area contributed by atoms with Crippen LogP contribution in [0.2, 0.25) is 0 Å². The minimum absolute atomic E-state index is 0.00606. The number of carbonyl (C=O) groups is 1. The molecule has 8 nitrogen and oxygen atoms in total. The third kappa shape index (κ3) is 3.64. The number of esters is 1. The molecule has 0 N–H and O–H groups in total. The molecule has 0 amide bonds. The molecule has 0 spiro atoms. The van der Waals surface area contributed by atoms with Crippen LogP contribution in [0.5, 0.6) is 5.75 Å². The summed E-state index contributed by atoms with van der Waals surface area (Å²) in [4.78, 5) is 16.3. The van der Waals surface area contributed by atoms with Crippen molar-refractivity contribution in [1.29, 1.82) is 0 Å². The van der Waals surface area contributed by atoms with Crippen molar-refractivity contribution < 1.29 is 23.3 Å². The quantitative estimate of drug-likeness (QED) is 0.480. The van der Waals surface area contributed by atoms with Crippen LogP contribution in [0, 0.1) is 0 Å². The van der Waals surface area contributed by atoms with E-state index >= 15 is 0 Å². The van der Waals surface area contributed by atoms with Gasteiger partial charge in [-0.3, -0.25) is 4.79 Å². The van der Waals surface area contributed by atoms with Gasteiger partial charge in [0.2, 0.25) is 5.82 Å². The number of aromatic nitrogens is 3. The number of hydrogen-bond acceptors (Lipinski definition) is 8. The lowest BCUT2D eigenvalue weighted by molar-refractivity contribution is -0.145. The molecule has 2 aromatic heterocycles. The second kappa shape index (κ2) is 7.28. The largest absolute Gasteiger partial charge is 0.497 e. The number of rotatable bonds is 6. The van der Waals surface area contributed by atoms with Gasteiger partial charge in [0.05, 0.1) is 13.5 Å². The maximum Gasteiger partial charge on any atom is 0.312 e. The van der Waals surface area contributed by atoms with E-state index in [4.69, 9.17) is 18.5 Å². The van der Waals surface area contributed by atoms with Crippen LogP contribution in [0.4, 0.5) is 0 Å². The van der Waals surface area contributed by atoms with Crippen LogP contribution in [0.1, 0.15) is 11.6 Å². The molecule has 0 aliphatic heterocycles. The summed E-state index contributed by atoms with van der Waals surface area (Å²) in [6.45, 7) is -0.119. The Bertz CT molecular complexity index is 1090. The number of fused-ring (bicyclic) bond motifs is 1. The van der Waals surface area contributed by atoms with E-state index in [0.29, 0.717) is 22.9 Å². The highest BCUT2D eigenvalue weighted by molar-refractivity contribution is 5.84. The lowest BCUT2D eigenvalue weighted by Crippen LogP contribution is -2.08. The Morgan fingerprint density at radius 1 is 1.07 bits per heavy atom. The van der Waals surface area contributed by atoms with E-state index < -0.39 is 5.97 Å². The monoisotopic (exact) mass is 365 g/mol. The summed E-state index contributed by atoms with van der Waals surface area (Å²) in [5, 5.41) is 8.59. The third-order valence-electron chi connectivity index (χ3n) is 3.92. The maximum absolute atomic E-state index is 12.1. The van der Waals surface area contributed by atoms with Gasteiger partial charge in [0, 0.05) is 10.9 Å². The second-order valence-corrected chi connectivity index (χ2v) is 5.71. The average Bonchev–Trinajstić information content (AvgIpc) is 3.34. The number of hydrogen-bond donors (Lipinski definition) is 0. The maximum atomic E-state index is 12.1. The van der Waals surface area contributed by atoms with Crippen molar-refractivity contribution in [3.05, 3.63) is 60.1 Å². The van der Waals surface area contributed by atoms with Gasteiger partial charge in [0.1, 0.15) is 11.4 Å². The van der Waals surface area contributed by atoms with Crippen LogP contribution in [0.3, 0.4) is 0 Å². The first-order chi connectivity index (χ1) is 13.2. The van der Waals surface area contributed by atoms with Crippen LogP contribution >= 0.6 is 0 Å². The zero-order chi connectivity index (χ0) is 18.6. The summed E-state index contributed by atoms with van der Waals surface area (Å²) in [7, 11) is 1.58. The Balaban J connectivity index is 1.39. The molecule has 0 fully saturated rings. The van der Waals surface area contributed by atoms with Crippen molar-refractivity contribution in [3.63, 3.8) is 0 Å². The number of para-hydroxylation sites is 1. The first kappa shape index (κ1) is 16.8. The predicted molar refractivity (Wildman–Crippen MR) is 93.8 cm³/mol. The summed E-state index contributed by atoms with van der Waals surface area (Å²) >= 11 is 0. The summed E-state index contributed by atoms with van der Waals surface area (Å²) in [6.07, 6.45) is -0.00606. The molecule has 0 saturated heterocycles. The van der Waals surface area contributed by atoms with Gasteiger partial charge < -0.3 is 18.5 Å². The lowest BCUT2D eigenvalue weighted by atomic mass is 10.2. The fraction of sp³-hybridized carbons (Fsp3) is 0.158. The van der Waals surface area contributed by atoms with Gasteiger partial charge >= 0.3 is 5.97 Å². The zero-order valence-electron chi connectivity index (χ0n) is 14.4. The van der Waals surface area contributed by atoms with E-state index in [2.05, 4.69) is 15.3 Å². The molecule has 2 aromatic carbocycles. The van der Waals surface area contributed by atoms with Gasteiger partial charge in [-0.25, -0.2) is 0 Å².